The summed E-state index contributed by atoms with van der Waals surface area (Å²) in [4.78, 5) is 5.11. The van der Waals surface area contributed by atoms with Crippen LogP contribution in [0.2, 0.25) is 0 Å². The molecule has 0 aromatic carbocycles. The summed E-state index contributed by atoms with van der Waals surface area (Å²) in [5.74, 6) is 1.13. The summed E-state index contributed by atoms with van der Waals surface area (Å²) in [6.07, 6.45) is 6.30. The van der Waals surface area contributed by atoms with Crippen molar-refractivity contribution >= 4 is 11.5 Å². The molecule has 0 radical (unpaired) electrons. The fourth-order valence-electron chi connectivity index (χ4n) is 3.74. The summed E-state index contributed by atoms with van der Waals surface area (Å²) in [5, 5.41) is 4.55. The van der Waals surface area contributed by atoms with Crippen LogP contribution in [0.15, 0.2) is 0 Å². The molecule has 1 atom stereocenters. The number of nitrogen functional groups attached to an aromatic ring is 1. The van der Waals surface area contributed by atoms with Gasteiger partial charge in [-0.2, -0.15) is 5.10 Å². The van der Waals surface area contributed by atoms with Crippen molar-refractivity contribution in [3.63, 3.8) is 0 Å². The van der Waals surface area contributed by atoms with Crippen LogP contribution in [-0.2, 0) is 13.5 Å². The van der Waals surface area contributed by atoms with Crippen molar-refractivity contribution in [3.8, 4) is 0 Å². The number of anilines is 2. The Kier molecular flexibility index (Phi) is 3.87. The van der Waals surface area contributed by atoms with Gasteiger partial charge in [0.1, 0.15) is 5.82 Å². The highest BCUT2D eigenvalue weighted by Gasteiger charge is 2.31. The number of likely N-dealkylation sites (tertiary alicyclic amines) is 1. The second kappa shape index (κ2) is 5.64. The number of nitrogens with two attached hydrogens (primary N) is 1. The zero-order valence-corrected chi connectivity index (χ0v) is 12.8. The van der Waals surface area contributed by atoms with E-state index >= 15 is 0 Å². The fourth-order valence-corrected chi connectivity index (χ4v) is 3.74. The van der Waals surface area contributed by atoms with Gasteiger partial charge in [-0.3, -0.25) is 9.58 Å². The SMILES string of the molecule is CCc1nn(C)c(N2CCC(N3CCCCC3)C2)c1N. The molecule has 2 aliphatic rings. The molecule has 2 N–H and O–H groups in total. The number of hydrogen-bond acceptors (Lipinski definition) is 4. The Morgan fingerprint density at radius 2 is 1.95 bits per heavy atom. The first-order valence-corrected chi connectivity index (χ1v) is 8.01. The summed E-state index contributed by atoms with van der Waals surface area (Å²) in [6.45, 7) is 6.88. The molecule has 20 heavy (non-hydrogen) atoms. The quantitative estimate of drug-likeness (QED) is 0.912. The molecule has 0 saturated carbocycles. The van der Waals surface area contributed by atoms with Gasteiger partial charge in [-0.1, -0.05) is 13.3 Å². The van der Waals surface area contributed by atoms with Crippen LogP contribution in [0.25, 0.3) is 0 Å². The molecule has 3 rings (SSSR count). The first-order chi connectivity index (χ1) is 9.70. The minimum Gasteiger partial charge on any atom is -0.394 e. The van der Waals surface area contributed by atoms with Gasteiger partial charge in [0.15, 0.2) is 0 Å². The van der Waals surface area contributed by atoms with Crippen LogP contribution in [0, 0.1) is 0 Å². The van der Waals surface area contributed by atoms with Crippen LogP contribution in [0.3, 0.4) is 0 Å². The Labute approximate surface area is 121 Å². The molecule has 0 amide bonds. The van der Waals surface area contributed by atoms with E-state index in [1.165, 1.54) is 38.8 Å². The molecule has 1 aromatic rings. The van der Waals surface area contributed by atoms with E-state index in [4.69, 9.17) is 5.73 Å². The van der Waals surface area contributed by atoms with E-state index in [-0.39, 0.29) is 0 Å². The average molecular weight is 277 g/mol. The Balaban J connectivity index is 1.72. The number of aryl methyl sites for hydroxylation is 2. The maximum absolute atomic E-state index is 6.28. The van der Waals surface area contributed by atoms with Gasteiger partial charge in [-0.25, -0.2) is 0 Å². The molecule has 2 fully saturated rings. The standard InChI is InChI=1S/C15H27N5/c1-3-13-14(16)15(18(2)17-13)20-10-7-12(11-20)19-8-5-4-6-9-19/h12H,3-11,16H2,1-2H3. The van der Waals surface area contributed by atoms with Crippen LogP contribution in [-0.4, -0.2) is 46.9 Å². The van der Waals surface area contributed by atoms with Crippen molar-refractivity contribution in [2.45, 2.75) is 45.1 Å². The molecule has 5 nitrogen and oxygen atoms in total. The first-order valence-electron chi connectivity index (χ1n) is 8.01. The van der Waals surface area contributed by atoms with E-state index in [1.54, 1.807) is 0 Å². The van der Waals surface area contributed by atoms with Crippen LogP contribution in [0.1, 0.15) is 38.3 Å². The topological polar surface area (TPSA) is 50.3 Å². The molecule has 5 heteroatoms. The number of nitrogens with zero attached hydrogens (tertiary/aromatic N) is 4. The van der Waals surface area contributed by atoms with Crippen molar-refractivity contribution in [1.29, 1.82) is 0 Å². The van der Waals surface area contributed by atoms with Gasteiger partial charge in [-0.15, -0.1) is 0 Å². The van der Waals surface area contributed by atoms with Gasteiger partial charge in [0, 0.05) is 26.2 Å². The number of aromatic nitrogens is 2. The fraction of sp³-hybridized carbons (Fsp3) is 0.800. The minimum atomic E-state index is 0.703. The lowest BCUT2D eigenvalue weighted by Crippen LogP contribution is -2.41. The summed E-state index contributed by atoms with van der Waals surface area (Å²) in [5.41, 5.74) is 8.19. The summed E-state index contributed by atoms with van der Waals surface area (Å²) < 4.78 is 1.97. The second-order valence-corrected chi connectivity index (χ2v) is 6.15. The molecule has 1 aromatic heterocycles. The minimum absolute atomic E-state index is 0.703. The Morgan fingerprint density at radius 3 is 2.60 bits per heavy atom. The highest BCUT2D eigenvalue weighted by Crippen LogP contribution is 2.31. The molecular formula is C15H27N5. The zero-order chi connectivity index (χ0) is 14.1. The van der Waals surface area contributed by atoms with Crippen LogP contribution < -0.4 is 10.6 Å². The van der Waals surface area contributed by atoms with Gasteiger partial charge in [-0.05, 0) is 38.8 Å². The molecule has 3 heterocycles. The Hall–Kier alpha value is -1.23. The summed E-state index contributed by atoms with van der Waals surface area (Å²) >= 11 is 0. The lowest BCUT2D eigenvalue weighted by Gasteiger charge is -2.32. The Bertz CT molecular complexity index is 461. The third-order valence-electron chi connectivity index (χ3n) is 4.83. The van der Waals surface area contributed by atoms with Crippen molar-refractivity contribution in [1.82, 2.24) is 14.7 Å². The van der Waals surface area contributed by atoms with Crippen molar-refractivity contribution < 1.29 is 0 Å². The molecule has 1 unspecified atom stereocenters. The Morgan fingerprint density at radius 1 is 1.20 bits per heavy atom. The van der Waals surface area contributed by atoms with Crippen LogP contribution in [0.4, 0.5) is 11.5 Å². The number of piperidine rings is 1. The largest absolute Gasteiger partial charge is 0.394 e. The van der Waals surface area contributed by atoms with E-state index in [1.807, 2.05) is 11.7 Å². The second-order valence-electron chi connectivity index (χ2n) is 6.15. The van der Waals surface area contributed by atoms with Gasteiger partial charge in [0.05, 0.1) is 11.4 Å². The van der Waals surface area contributed by atoms with Gasteiger partial charge in [0.2, 0.25) is 0 Å². The predicted molar refractivity (Wildman–Crippen MR) is 83.0 cm³/mol. The zero-order valence-electron chi connectivity index (χ0n) is 12.8. The molecule has 0 spiro atoms. The van der Waals surface area contributed by atoms with Gasteiger partial charge in [0.25, 0.3) is 0 Å². The third-order valence-corrected chi connectivity index (χ3v) is 4.83. The lowest BCUT2D eigenvalue weighted by atomic mass is 10.1. The summed E-state index contributed by atoms with van der Waals surface area (Å²) in [6, 6.07) is 0.703. The highest BCUT2D eigenvalue weighted by molar-refractivity contribution is 5.67. The van der Waals surface area contributed by atoms with E-state index in [0.717, 1.165) is 36.7 Å². The molecule has 2 saturated heterocycles. The van der Waals surface area contributed by atoms with Crippen molar-refractivity contribution in [3.05, 3.63) is 5.69 Å². The van der Waals surface area contributed by atoms with E-state index < -0.39 is 0 Å². The molecule has 0 bridgehead atoms. The van der Waals surface area contributed by atoms with Crippen molar-refractivity contribution in [2.24, 2.45) is 7.05 Å². The van der Waals surface area contributed by atoms with Gasteiger partial charge >= 0.3 is 0 Å². The van der Waals surface area contributed by atoms with Crippen LogP contribution >= 0.6 is 0 Å². The van der Waals surface area contributed by atoms with E-state index in [2.05, 4.69) is 21.8 Å². The molecule has 2 aliphatic heterocycles. The smallest absolute Gasteiger partial charge is 0.150 e. The maximum atomic E-state index is 6.28. The van der Waals surface area contributed by atoms with Crippen LogP contribution in [0.5, 0.6) is 0 Å². The van der Waals surface area contributed by atoms with Gasteiger partial charge < -0.3 is 10.6 Å². The highest BCUT2D eigenvalue weighted by atomic mass is 15.4. The van der Waals surface area contributed by atoms with Crippen molar-refractivity contribution in [2.75, 3.05) is 36.8 Å². The van der Waals surface area contributed by atoms with E-state index in [9.17, 15) is 0 Å². The predicted octanol–water partition coefficient (Wildman–Crippen LogP) is 1.63. The molecule has 112 valence electrons. The number of hydrogen-bond donors (Lipinski definition) is 1. The van der Waals surface area contributed by atoms with E-state index in [0.29, 0.717) is 6.04 Å². The average Bonchev–Trinajstić information content (AvgIpc) is 3.04. The lowest BCUT2D eigenvalue weighted by molar-refractivity contribution is 0.174. The monoisotopic (exact) mass is 277 g/mol. The number of rotatable bonds is 3. The molecule has 0 aliphatic carbocycles. The maximum Gasteiger partial charge on any atom is 0.150 e. The summed E-state index contributed by atoms with van der Waals surface area (Å²) in [7, 11) is 2.01. The third kappa shape index (κ3) is 2.39. The molecular weight excluding hydrogens is 250 g/mol. The first kappa shape index (κ1) is 13.7. The normalized spacial score (nSPS) is 24.5.